The zero-order valence-corrected chi connectivity index (χ0v) is 13.4. The molecule has 1 aromatic rings. The highest BCUT2D eigenvalue weighted by atomic mass is 35.5. The molecule has 1 aromatic carbocycles. The van der Waals surface area contributed by atoms with E-state index in [1.807, 2.05) is 6.92 Å². The van der Waals surface area contributed by atoms with Crippen LogP contribution in [0, 0.1) is 5.41 Å². The van der Waals surface area contributed by atoms with Crippen LogP contribution in [0.5, 0.6) is 0 Å². The van der Waals surface area contributed by atoms with Crippen molar-refractivity contribution in [3.8, 4) is 0 Å². The van der Waals surface area contributed by atoms with Gasteiger partial charge in [0, 0.05) is 10.9 Å². The SMILES string of the molecule is CCOC(=O)C1(C(=O)[O-])CC=C(C)CC1c1ccc(Cl)cc1. The first-order valence-corrected chi connectivity index (χ1v) is 7.59. The molecule has 1 aliphatic rings. The standard InChI is InChI=1S/C17H19ClO4/c1-3-22-16(21)17(15(19)20)9-8-11(2)10-14(17)12-4-6-13(18)7-5-12/h4-8,14H,3,9-10H2,1-2H3,(H,19,20)/p-1. The van der Waals surface area contributed by atoms with E-state index in [1.165, 1.54) is 0 Å². The lowest BCUT2D eigenvalue weighted by molar-refractivity contribution is -0.319. The first kappa shape index (κ1) is 16.6. The molecule has 2 rings (SSSR count). The first-order chi connectivity index (χ1) is 10.4. The van der Waals surface area contributed by atoms with Gasteiger partial charge in [-0.25, -0.2) is 0 Å². The molecule has 0 heterocycles. The van der Waals surface area contributed by atoms with Crippen LogP contribution in [0.2, 0.25) is 5.02 Å². The van der Waals surface area contributed by atoms with Gasteiger partial charge in [-0.3, -0.25) is 4.79 Å². The molecule has 0 bridgehead atoms. The van der Waals surface area contributed by atoms with E-state index in [9.17, 15) is 14.7 Å². The first-order valence-electron chi connectivity index (χ1n) is 7.21. The maximum atomic E-state index is 12.4. The van der Waals surface area contributed by atoms with Gasteiger partial charge in [0.1, 0.15) is 5.41 Å². The van der Waals surface area contributed by atoms with Crippen molar-refractivity contribution in [3.63, 3.8) is 0 Å². The second-order valence-corrected chi connectivity index (χ2v) is 5.98. The number of carbonyl (C=O) groups excluding carboxylic acids is 2. The van der Waals surface area contributed by atoms with E-state index < -0.39 is 23.3 Å². The maximum absolute atomic E-state index is 12.4. The number of halogens is 1. The summed E-state index contributed by atoms with van der Waals surface area (Å²) < 4.78 is 5.04. The van der Waals surface area contributed by atoms with Gasteiger partial charge in [0.15, 0.2) is 0 Å². The summed E-state index contributed by atoms with van der Waals surface area (Å²) in [5, 5.41) is 12.4. The Bertz CT molecular complexity index is 606. The number of carbonyl (C=O) groups is 2. The minimum atomic E-state index is -1.69. The van der Waals surface area contributed by atoms with Gasteiger partial charge in [-0.2, -0.15) is 0 Å². The molecule has 0 fully saturated rings. The molecule has 0 aliphatic heterocycles. The Kier molecular flexibility index (Phi) is 4.91. The van der Waals surface area contributed by atoms with Crippen molar-refractivity contribution in [1.29, 1.82) is 0 Å². The Balaban J connectivity index is 2.54. The van der Waals surface area contributed by atoms with Crippen LogP contribution >= 0.6 is 11.6 Å². The smallest absolute Gasteiger partial charge is 0.318 e. The third kappa shape index (κ3) is 2.88. The minimum absolute atomic E-state index is 0.0767. The molecule has 118 valence electrons. The number of carboxylic acids is 1. The second kappa shape index (κ2) is 6.53. The van der Waals surface area contributed by atoms with Gasteiger partial charge in [-0.1, -0.05) is 35.4 Å². The van der Waals surface area contributed by atoms with E-state index in [-0.39, 0.29) is 13.0 Å². The van der Waals surface area contributed by atoms with Crippen LogP contribution in [-0.4, -0.2) is 18.5 Å². The molecule has 0 spiro atoms. The number of aliphatic carboxylic acids is 1. The van der Waals surface area contributed by atoms with Gasteiger partial charge < -0.3 is 14.6 Å². The predicted molar refractivity (Wildman–Crippen MR) is 81.3 cm³/mol. The molecule has 0 saturated heterocycles. The molecule has 0 radical (unpaired) electrons. The van der Waals surface area contributed by atoms with E-state index in [2.05, 4.69) is 0 Å². The summed E-state index contributed by atoms with van der Waals surface area (Å²) >= 11 is 5.89. The maximum Gasteiger partial charge on any atom is 0.318 e. The third-order valence-electron chi connectivity index (χ3n) is 4.17. The average molecular weight is 322 g/mol. The summed E-state index contributed by atoms with van der Waals surface area (Å²) in [7, 11) is 0. The number of hydrogen-bond acceptors (Lipinski definition) is 4. The van der Waals surface area contributed by atoms with Crippen molar-refractivity contribution in [3.05, 3.63) is 46.5 Å². The van der Waals surface area contributed by atoms with Crippen molar-refractivity contribution in [2.24, 2.45) is 5.41 Å². The molecule has 22 heavy (non-hydrogen) atoms. The summed E-state index contributed by atoms with van der Waals surface area (Å²) in [6, 6.07) is 6.89. The lowest BCUT2D eigenvalue weighted by atomic mass is 9.64. The molecular weight excluding hydrogens is 304 g/mol. The molecule has 0 saturated carbocycles. The molecule has 0 aromatic heterocycles. The Labute approximate surface area is 134 Å². The van der Waals surface area contributed by atoms with Gasteiger partial charge in [-0.15, -0.1) is 0 Å². The molecule has 2 unspecified atom stereocenters. The zero-order valence-electron chi connectivity index (χ0n) is 12.6. The zero-order chi connectivity index (χ0) is 16.3. The number of allylic oxidation sites excluding steroid dienone is 2. The average Bonchev–Trinajstić information content (AvgIpc) is 2.48. The van der Waals surface area contributed by atoms with E-state index in [4.69, 9.17) is 16.3 Å². The summed E-state index contributed by atoms with van der Waals surface area (Å²) in [6.07, 6.45) is 2.32. The fourth-order valence-corrected chi connectivity index (χ4v) is 3.07. The van der Waals surface area contributed by atoms with E-state index in [1.54, 1.807) is 37.3 Å². The Morgan fingerprint density at radius 2 is 2.00 bits per heavy atom. The van der Waals surface area contributed by atoms with Gasteiger partial charge in [-0.05, 0) is 44.4 Å². The highest BCUT2D eigenvalue weighted by Gasteiger charge is 2.50. The van der Waals surface area contributed by atoms with Crippen LogP contribution < -0.4 is 5.11 Å². The van der Waals surface area contributed by atoms with Crippen molar-refractivity contribution in [1.82, 2.24) is 0 Å². The van der Waals surface area contributed by atoms with Crippen LogP contribution in [0.1, 0.15) is 38.2 Å². The van der Waals surface area contributed by atoms with Crippen molar-refractivity contribution >= 4 is 23.5 Å². The predicted octanol–water partition coefficient (Wildman–Crippen LogP) is 2.46. The number of esters is 1. The largest absolute Gasteiger partial charge is 0.549 e. The Morgan fingerprint density at radius 3 is 2.55 bits per heavy atom. The van der Waals surface area contributed by atoms with Gasteiger partial charge in [0.25, 0.3) is 0 Å². The number of rotatable bonds is 4. The van der Waals surface area contributed by atoms with E-state index in [0.717, 1.165) is 11.1 Å². The van der Waals surface area contributed by atoms with E-state index >= 15 is 0 Å². The highest BCUT2D eigenvalue weighted by Crippen LogP contribution is 2.47. The lowest BCUT2D eigenvalue weighted by Gasteiger charge is -2.42. The summed E-state index contributed by atoms with van der Waals surface area (Å²) in [5.41, 5.74) is 0.0961. The molecule has 5 heteroatoms. The molecule has 0 amide bonds. The van der Waals surface area contributed by atoms with E-state index in [0.29, 0.717) is 11.4 Å². The van der Waals surface area contributed by atoms with Crippen LogP contribution in [0.3, 0.4) is 0 Å². The van der Waals surface area contributed by atoms with Crippen LogP contribution in [0.15, 0.2) is 35.9 Å². The minimum Gasteiger partial charge on any atom is -0.549 e. The fourth-order valence-electron chi connectivity index (χ4n) is 2.95. The van der Waals surface area contributed by atoms with Crippen LogP contribution in [0.4, 0.5) is 0 Å². The van der Waals surface area contributed by atoms with Gasteiger partial charge in [0.2, 0.25) is 0 Å². The third-order valence-corrected chi connectivity index (χ3v) is 4.42. The monoisotopic (exact) mass is 321 g/mol. The molecule has 4 nitrogen and oxygen atoms in total. The van der Waals surface area contributed by atoms with Gasteiger partial charge >= 0.3 is 5.97 Å². The number of ether oxygens (including phenoxy) is 1. The normalized spacial score (nSPS) is 24.5. The molecular formula is C17H18ClO4-. The molecule has 2 atom stereocenters. The highest BCUT2D eigenvalue weighted by molar-refractivity contribution is 6.30. The quantitative estimate of drug-likeness (QED) is 0.485. The Hall–Kier alpha value is -1.81. The number of benzene rings is 1. The summed E-state index contributed by atoms with van der Waals surface area (Å²) in [4.78, 5) is 24.3. The second-order valence-electron chi connectivity index (χ2n) is 5.54. The Morgan fingerprint density at radius 1 is 1.36 bits per heavy atom. The summed E-state index contributed by atoms with van der Waals surface area (Å²) in [5.74, 6) is -2.66. The van der Waals surface area contributed by atoms with Crippen molar-refractivity contribution in [2.45, 2.75) is 32.6 Å². The van der Waals surface area contributed by atoms with Crippen molar-refractivity contribution < 1.29 is 19.4 Å². The van der Waals surface area contributed by atoms with Crippen LogP contribution in [0.25, 0.3) is 0 Å². The number of carboxylic acid groups (broad SMARTS) is 1. The topological polar surface area (TPSA) is 66.4 Å². The molecule has 0 N–H and O–H groups in total. The van der Waals surface area contributed by atoms with Gasteiger partial charge in [0.05, 0.1) is 12.6 Å². The number of hydrogen-bond donors (Lipinski definition) is 0. The fraction of sp³-hybridized carbons (Fsp3) is 0.412. The molecule has 1 aliphatic carbocycles. The van der Waals surface area contributed by atoms with Crippen LogP contribution in [-0.2, 0) is 14.3 Å². The lowest BCUT2D eigenvalue weighted by Crippen LogP contribution is -2.53. The summed E-state index contributed by atoms with van der Waals surface area (Å²) in [6.45, 7) is 3.71. The van der Waals surface area contributed by atoms with Crippen molar-refractivity contribution in [2.75, 3.05) is 6.61 Å².